The first kappa shape index (κ1) is 6.47. The van der Waals surface area contributed by atoms with Crippen molar-refractivity contribution >= 4 is 0 Å². The molecule has 4 atom stereocenters. The topological polar surface area (TPSA) is 26.0 Å². The molecule has 0 radical (unpaired) electrons. The maximum atomic E-state index is 6.10. The maximum absolute atomic E-state index is 6.10. The van der Waals surface area contributed by atoms with E-state index in [0.29, 0.717) is 6.04 Å². The lowest BCUT2D eigenvalue weighted by Crippen LogP contribution is -2.61. The second kappa shape index (κ2) is 1.82. The SMILES string of the molecule is NC1CCC2CCC23CCC13. The van der Waals surface area contributed by atoms with E-state index in [1.165, 1.54) is 38.5 Å². The fourth-order valence-electron chi connectivity index (χ4n) is 3.89. The summed E-state index contributed by atoms with van der Waals surface area (Å²) in [5.74, 6) is 2.04. The fourth-order valence-corrected chi connectivity index (χ4v) is 3.89. The minimum Gasteiger partial charge on any atom is -0.327 e. The lowest BCUT2D eigenvalue weighted by Gasteiger charge is -2.66. The predicted octanol–water partition coefficient (Wildman–Crippen LogP) is 1.91. The molecule has 3 rings (SSSR count). The largest absolute Gasteiger partial charge is 0.327 e. The Hall–Kier alpha value is -0.0400. The number of rotatable bonds is 0. The van der Waals surface area contributed by atoms with Crippen LogP contribution < -0.4 is 5.73 Å². The van der Waals surface area contributed by atoms with Gasteiger partial charge in [-0.2, -0.15) is 0 Å². The van der Waals surface area contributed by atoms with Crippen LogP contribution in [-0.2, 0) is 0 Å². The molecule has 0 aromatic carbocycles. The molecule has 0 aliphatic heterocycles. The normalized spacial score (nSPS) is 60.3. The Balaban J connectivity index is 1.88. The average molecular weight is 151 g/mol. The standard InChI is InChI=1S/C10H17N/c11-9-2-1-7-3-5-10(7)6-4-8(9)10/h7-9H,1-6,11H2. The Bertz CT molecular complexity index is 185. The summed E-state index contributed by atoms with van der Waals surface area (Å²) >= 11 is 0. The second-order valence-corrected chi connectivity index (χ2v) is 4.86. The summed E-state index contributed by atoms with van der Waals surface area (Å²) in [4.78, 5) is 0. The Morgan fingerprint density at radius 2 is 1.82 bits per heavy atom. The van der Waals surface area contributed by atoms with Gasteiger partial charge in [-0.1, -0.05) is 0 Å². The van der Waals surface area contributed by atoms with E-state index in [4.69, 9.17) is 5.73 Å². The van der Waals surface area contributed by atoms with E-state index in [-0.39, 0.29) is 0 Å². The van der Waals surface area contributed by atoms with Crippen molar-refractivity contribution in [3.63, 3.8) is 0 Å². The molecule has 4 unspecified atom stereocenters. The van der Waals surface area contributed by atoms with Gasteiger partial charge in [0, 0.05) is 6.04 Å². The van der Waals surface area contributed by atoms with E-state index in [1.54, 1.807) is 0 Å². The smallest absolute Gasteiger partial charge is 0.00726 e. The Kier molecular flexibility index (Phi) is 1.07. The first-order chi connectivity index (χ1) is 5.33. The lowest BCUT2D eigenvalue weighted by molar-refractivity contribution is -0.150. The third-order valence-corrected chi connectivity index (χ3v) is 4.80. The van der Waals surface area contributed by atoms with Gasteiger partial charge in [0.1, 0.15) is 0 Å². The van der Waals surface area contributed by atoms with Crippen molar-refractivity contribution in [2.75, 3.05) is 0 Å². The van der Waals surface area contributed by atoms with Gasteiger partial charge >= 0.3 is 0 Å². The van der Waals surface area contributed by atoms with Gasteiger partial charge in [0.2, 0.25) is 0 Å². The third-order valence-electron chi connectivity index (χ3n) is 4.80. The molecule has 0 aromatic heterocycles. The minimum atomic E-state index is 0.570. The first-order valence-corrected chi connectivity index (χ1v) is 5.08. The zero-order valence-corrected chi connectivity index (χ0v) is 7.05. The number of nitrogens with two attached hydrogens (primary N) is 1. The third kappa shape index (κ3) is 0.581. The summed E-state index contributed by atoms with van der Waals surface area (Å²) in [6.07, 6.45) is 8.74. The maximum Gasteiger partial charge on any atom is 0.00726 e. The van der Waals surface area contributed by atoms with Crippen LogP contribution in [0, 0.1) is 17.3 Å². The zero-order valence-electron chi connectivity index (χ0n) is 7.05. The van der Waals surface area contributed by atoms with Crippen molar-refractivity contribution in [1.29, 1.82) is 0 Å². The van der Waals surface area contributed by atoms with Gasteiger partial charge in [0.05, 0.1) is 0 Å². The van der Waals surface area contributed by atoms with Crippen LogP contribution in [0.4, 0.5) is 0 Å². The van der Waals surface area contributed by atoms with Crippen molar-refractivity contribution in [2.24, 2.45) is 23.0 Å². The van der Waals surface area contributed by atoms with Gasteiger partial charge in [-0.15, -0.1) is 0 Å². The highest BCUT2D eigenvalue weighted by Crippen LogP contribution is 2.67. The molecule has 0 saturated heterocycles. The Labute approximate surface area is 68.3 Å². The van der Waals surface area contributed by atoms with Crippen LogP contribution in [0.5, 0.6) is 0 Å². The van der Waals surface area contributed by atoms with Crippen molar-refractivity contribution < 1.29 is 0 Å². The van der Waals surface area contributed by atoms with E-state index in [0.717, 1.165) is 17.3 Å². The average Bonchev–Trinajstić information content (AvgIpc) is 1.80. The van der Waals surface area contributed by atoms with E-state index in [2.05, 4.69) is 0 Å². The minimum absolute atomic E-state index is 0.570. The highest BCUT2D eigenvalue weighted by Gasteiger charge is 2.60. The summed E-state index contributed by atoms with van der Waals surface area (Å²) in [7, 11) is 0. The summed E-state index contributed by atoms with van der Waals surface area (Å²) in [6.45, 7) is 0. The van der Waals surface area contributed by atoms with E-state index in [9.17, 15) is 0 Å². The first-order valence-electron chi connectivity index (χ1n) is 5.08. The van der Waals surface area contributed by atoms with Crippen LogP contribution >= 0.6 is 0 Å². The summed E-state index contributed by atoms with van der Waals surface area (Å²) in [6, 6.07) is 0.570. The molecule has 1 spiro atoms. The number of hydrogen-bond acceptors (Lipinski definition) is 1. The van der Waals surface area contributed by atoms with Crippen molar-refractivity contribution in [1.82, 2.24) is 0 Å². The molecule has 0 aromatic rings. The molecule has 62 valence electrons. The summed E-state index contributed by atoms with van der Waals surface area (Å²) in [5, 5.41) is 0. The predicted molar refractivity (Wildman–Crippen MR) is 45.1 cm³/mol. The van der Waals surface area contributed by atoms with Gasteiger partial charge in [0.15, 0.2) is 0 Å². The molecule has 3 aliphatic carbocycles. The highest BCUT2D eigenvalue weighted by molar-refractivity contribution is 5.11. The number of hydrogen-bond donors (Lipinski definition) is 1. The van der Waals surface area contributed by atoms with E-state index in [1.807, 2.05) is 0 Å². The molecular formula is C10H17N. The molecule has 3 aliphatic rings. The van der Waals surface area contributed by atoms with Gasteiger partial charge in [-0.05, 0) is 55.8 Å². The monoisotopic (exact) mass is 151 g/mol. The lowest BCUT2D eigenvalue weighted by atomic mass is 9.40. The van der Waals surface area contributed by atoms with Crippen LogP contribution in [0.3, 0.4) is 0 Å². The van der Waals surface area contributed by atoms with Gasteiger partial charge in [-0.25, -0.2) is 0 Å². The summed E-state index contributed by atoms with van der Waals surface area (Å²) in [5.41, 5.74) is 6.90. The molecule has 0 heterocycles. The van der Waals surface area contributed by atoms with Crippen molar-refractivity contribution in [3.05, 3.63) is 0 Å². The quantitative estimate of drug-likeness (QED) is 0.562. The van der Waals surface area contributed by atoms with Gasteiger partial charge < -0.3 is 5.73 Å². The van der Waals surface area contributed by atoms with E-state index >= 15 is 0 Å². The Morgan fingerprint density at radius 1 is 1.00 bits per heavy atom. The molecule has 0 amide bonds. The molecule has 3 saturated carbocycles. The van der Waals surface area contributed by atoms with Gasteiger partial charge in [0.25, 0.3) is 0 Å². The van der Waals surface area contributed by atoms with Crippen molar-refractivity contribution in [3.8, 4) is 0 Å². The second-order valence-electron chi connectivity index (χ2n) is 4.86. The van der Waals surface area contributed by atoms with Crippen molar-refractivity contribution in [2.45, 2.75) is 44.6 Å². The molecule has 0 bridgehead atoms. The summed E-state index contributed by atoms with van der Waals surface area (Å²) < 4.78 is 0. The molecule has 11 heavy (non-hydrogen) atoms. The van der Waals surface area contributed by atoms with E-state index < -0.39 is 0 Å². The van der Waals surface area contributed by atoms with Crippen LogP contribution in [0.1, 0.15) is 38.5 Å². The van der Waals surface area contributed by atoms with Crippen LogP contribution in [0.25, 0.3) is 0 Å². The highest BCUT2D eigenvalue weighted by atomic mass is 14.8. The molecule has 1 nitrogen and oxygen atoms in total. The van der Waals surface area contributed by atoms with Crippen LogP contribution in [0.15, 0.2) is 0 Å². The molecule has 2 N–H and O–H groups in total. The van der Waals surface area contributed by atoms with Crippen LogP contribution in [0.2, 0.25) is 0 Å². The molecule has 3 fully saturated rings. The Morgan fingerprint density at radius 3 is 2.27 bits per heavy atom. The van der Waals surface area contributed by atoms with Crippen LogP contribution in [-0.4, -0.2) is 6.04 Å². The molecular weight excluding hydrogens is 134 g/mol. The zero-order chi connectivity index (χ0) is 7.47. The molecule has 1 heteroatoms. The van der Waals surface area contributed by atoms with Gasteiger partial charge in [-0.3, -0.25) is 0 Å². The fraction of sp³-hybridized carbons (Fsp3) is 1.00.